The number of nitrogens with zero attached hydrogens (tertiary/aromatic N) is 3. The average Bonchev–Trinajstić information content (AvgIpc) is 2.88. The molecule has 5 rings (SSSR count). The summed E-state index contributed by atoms with van der Waals surface area (Å²) < 4.78 is 13.1. The van der Waals surface area contributed by atoms with Gasteiger partial charge in [0, 0.05) is 24.4 Å². The van der Waals surface area contributed by atoms with Gasteiger partial charge in [-0.2, -0.15) is 4.98 Å². The Labute approximate surface area is 139 Å². The number of carboxylic acid groups (broad SMARTS) is 1. The van der Waals surface area contributed by atoms with Crippen LogP contribution in [0.3, 0.4) is 0 Å². The van der Waals surface area contributed by atoms with Crippen LogP contribution >= 0.6 is 0 Å². The van der Waals surface area contributed by atoms with Gasteiger partial charge in [0.1, 0.15) is 5.56 Å². The Morgan fingerprint density at radius 1 is 1.38 bits per heavy atom. The lowest BCUT2D eigenvalue weighted by Crippen LogP contribution is -2.59. The highest BCUT2D eigenvalue weighted by Gasteiger charge is 2.57. The number of aromatic nitrogens is 3. The van der Waals surface area contributed by atoms with Gasteiger partial charge in [0.2, 0.25) is 11.7 Å². The van der Waals surface area contributed by atoms with Crippen LogP contribution in [0.4, 0.5) is 0 Å². The fourth-order valence-corrected chi connectivity index (χ4v) is 4.08. The quantitative estimate of drug-likeness (QED) is 0.926. The van der Waals surface area contributed by atoms with Crippen molar-refractivity contribution >= 4 is 11.7 Å². The van der Waals surface area contributed by atoms with Crippen molar-refractivity contribution in [1.29, 1.82) is 0 Å². The number of carbonyl (C=O) groups is 1. The summed E-state index contributed by atoms with van der Waals surface area (Å²) in [5.41, 5.74) is 1.000. The van der Waals surface area contributed by atoms with Crippen LogP contribution in [0.15, 0.2) is 12.4 Å². The first kappa shape index (κ1) is 15.4. The number of hydrogen-bond acceptors (Lipinski definition) is 5. The topological polar surface area (TPSA) is 86.0 Å². The van der Waals surface area contributed by atoms with Gasteiger partial charge < -0.3 is 14.6 Å². The number of carboxylic acids is 1. The summed E-state index contributed by atoms with van der Waals surface area (Å²) in [7, 11) is 0. The number of rotatable bonds is 4. The van der Waals surface area contributed by atoms with Crippen molar-refractivity contribution in [1.82, 2.24) is 14.4 Å². The van der Waals surface area contributed by atoms with Gasteiger partial charge in [-0.25, -0.2) is 9.78 Å². The third-order valence-electron chi connectivity index (χ3n) is 4.99. The van der Waals surface area contributed by atoms with Crippen molar-refractivity contribution < 1.29 is 19.4 Å². The fourth-order valence-electron chi connectivity index (χ4n) is 4.08. The minimum atomic E-state index is -1.06. The van der Waals surface area contributed by atoms with Crippen LogP contribution in [-0.2, 0) is 10.2 Å². The molecule has 1 N–H and O–H groups in total. The maximum Gasteiger partial charge on any atom is 0.342 e. The lowest BCUT2D eigenvalue weighted by molar-refractivity contribution is -0.182. The standard InChI is InChI=1S/C17H21N3O4/c1-10(2)24-13-11(14(21)22)6-20-7-12(18-15(20)19-13)17-4-5-23-16(3,8-17)9-17/h6-7,10H,4-5,8-9H2,1-3H3,(H,21,22). The van der Waals surface area contributed by atoms with E-state index in [0.717, 1.165) is 31.6 Å². The zero-order valence-electron chi connectivity index (χ0n) is 14.1. The van der Waals surface area contributed by atoms with E-state index in [0.29, 0.717) is 5.78 Å². The Morgan fingerprint density at radius 3 is 2.75 bits per heavy atom. The van der Waals surface area contributed by atoms with Gasteiger partial charge in [-0.1, -0.05) is 0 Å². The summed E-state index contributed by atoms with van der Waals surface area (Å²) in [6, 6.07) is 0. The van der Waals surface area contributed by atoms with E-state index in [1.54, 1.807) is 4.40 Å². The zero-order valence-corrected chi connectivity index (χ0v) is 14.1. The molecule has 0 amide bonds. The number of fused-ring (bicyclic) bond motifs is 3. The van der Waals surface area contributed by atoms with E-state index in [1.807, 2.05) is 20.0 Å². The van der Waals surface area contributed by atoms with E-state index in [1.165, 1.54) is 6.20 Å². The number of ether oxygens (including phenoxy) is 2. The predicted molar refractivity (Wildman–Crippen MR) is 85.6 cm³/mol. The lowest BCUT2D eigenvalue weighted by Gasteiger charge is -2.58. The SMILES string of the molecule is CC(C)Oc1nc2nc(C34CCOC(C)(C3)C4)cn2cc1C(=O)O. The Balaban J connectivity index is 1.77. The van der Waals surface area contributed by atoms with Crippen molar-refractivity contribution in [2.24, 2.45) is 0 Å². The van der Waals surface area contributed by atoms with Crippen LogP contribution in [0.25, 0.3) is 5.78 Å². The van der Waals surface area contributed by atoms with Gasteiger partial charge in [0.15, 0.2) is 0 Å². The van der Waals surface area contributed by atoms with Crippen LogP contribution in [0.5, 0.6) is 5.88 Å². The van der Waals surface area contributed by atoms with Crippen molar-refractivity contribution in [2.45, 2.75) is 57.2 Å². The van der Waals surface area contributed by atoms with Gasteiger partial charge in [0.25, 0.3) is 0 Å². The second-order valence-electron chi connectivity index (χ2n) is 7.45. The first-order valence-electron chi connectivity index (χ1n) is 8.24. The average molecular weight is 331 g/mol. The molecule has 2 bridgehead atoms. The zero-order chi connectivity index (χ0) is 17.1. The molecule has 24 heavy (non-hydrogen) atoms. The van der Waals surface area contributed by atoms with Crippen LogP contribution in [0.1, 0.15) is 56.1 Å². The maximum atomic E-state index is 11.5. The highest BCUT2D eigenvalue weighted by atomic mass is 16.5. The van der Waals surface area contributed by atoms with Crippen molar-refractivity contribution in [3.8, 4) is 5.88 Å². The van der Waals surface area contributed by atoms with E-state index in [2.05, 4.69) is 16.9 Å². The minimum Gasteiger partial charge on any atom is -0.477 e. The van der Waals surface area contributed by atoms with E-state index in [9.17, 15) is 9.90 Å². The Kier molecular flexibility index (Phi) is 3.16. The Bertz CT molecular complexity index is 821. The van der Waals surface area contributed by atoms with Gasteiger partial charge in [-0.05, 0) is 40.0 Å². The van der Waals surface area contributed by atoms with Crippen molar-refractivity contribution in [3.05, 3.63) is 23.7 Å². The minimum absolute atomic E-state index is 0.0309. The number of hydrogen-bond donors (Lipinski definition) is 1. The van der Waals surface area contributed by atoms with Crippen molar-refractivity contribution in [2.75, 3.05) is 6.61 Å². The summed E-state index contributed by atoms with van der Waals surface area (Å²) in [6.07, 6.45) is 6.11. The molecule has 2 aliphatic heterocycles. The highest BCUT2D eigenvalue weighted by molar-refractivity contribution is 5.90. The summed E-state index contributed by atoms with van der Waals surface area (Å²) in [5.74, 6) is -0.471. The third kappa shape index (κ3) is 2.26. The molecule has 128 valence electrons. The summed E-state index contributed by atoms with van der Waals surface area (Å²) in [5, 5.41) is 9.42. The molecule has 3 fully saturated rings. The monoisotopic (exact) mass is 331 g/mol. The van der Waals surface area contributed by atoms with Gasteiger partial charge in [-0.15, -0.1) is 0 Å². The first-order chi connectivity index (χ1) is 11.3. The number of aromatic carboxylic acids is 1. The molecule has 1 aliphatic carbocycles. The molecule has 2 aromatic rings. The van der Waals surface area contributed by atoms with Gasteiger partial charge in [0.05, 0.1) is 17.4 Å². The largest absolute Gasteiger partial charge is 0.477 e. The summed E-state index contributed by atoms with van der Waals surface area (Å²) in [6.45, 7) is 6.55. The highest BCUT2D eigenvalue weighted by Crippen LogP contribution is 2.57. The molecule has 0 aromatic carbocycles. The van der Waals surface area contributed by atoms with Gasteiger partial charge >= 0.3 is 5.97 Å². The Morgan fingerprint density at radius 2 is 2.12 bits per heavy atom. The number of imidazole rings is 1. The fraction of sp³-hybridized carbons (Fsp3) is 0.588. The van der Waals surface area contributed by atoms with E-state index < -0.39 is 5.97 Å². The molecule has 2 aromatic heterocycles. The molecule has 2 saturated heterocycles. The smallest absolute Gasteiger partial charge is 0.342 e. The second kappa shape index (κ2) is 4.92. The first-order valence-corrected chi connectivity index (χ1v) is 8.24. The van der Waals surface area contributed by atoms with Crippen LogP contribution < -0.4 is 4.74 Å². The molecule has 3 aliphatic rings. The molecular weight excluding hydrogens is 310 g/mol. The predicted octanol–water partition coefficient (Wildman–Crippen LogP) is 2.43. The molecular formula is C17H21N3O4. The lowest BCUT2D eigenvalue weighted by atomic mass is 9.55. The molecule has 0 atom stereocenters. The van der Waals surface area contributed by atoms with E-state index in [4.69, 9.17) is 9.47 Å². The summed E-state index contributed by atoms with van der Waals surface area (Å²) in [4.78, 5) is 20.5. The molecule has 1 saturated carbocycles. The molecule has 0 unspecified atom stereocenters. The Hall–Kier alpha value is -2.15. The molecule has 7 nitrogen and oxygen atoms in total. The molecule has 0 spiro atoms. The third-order valence-corrected chi connectivity index (χ3v) is 4.99. The molecule has 4 heterocycles. The van der Waals surface area contributed by atoms with Gasteiger partial charge in [-0.3, -0.25) is 4.40 Å². The van der Waals surface area contributed by atoms with Crippen LogP contribution in [0, 0.1) is 0 Å². The van der Waals surface area contributed by atoms with E-state index in [-0.39, 0.29) is 28.6 Å². The maximum absolute atomic E-state index is 11.5. The van der Waals surface area contributed by atoms with E-state index >= 15 is 0 Å². The molecule has 0 radical (unpaired) electrons. The summed E-state index contributed by atoms with van der Waals surface area (Å²) >= 11 is 0. The normalized spacial score (nSPS) is 28.8. The van der Waals surface area contributed by atoms with Crippen molar-refractivity contribution in [3.63, 3.8) is 0 Å². The second-order valence-corrected chi connectivity index (χ2v) is 7.45. The van der Waals surface area contributed by atoms with Crippen LogP contribution in [-0.4, -0.2) is 43.8 Å². The molecule has 7 heteroatoms. The van der Waals surface area contributed by atoms with Crippen LogP contribution in [0.2, 0.25) is 0 Å².